The quantitative estimate of drug-likeness (QED) is 0.137. The monoisotopic (exact) mass is 698 g/mol. The summed E-state index contributed by atoms with van der Waals surface area (Å²) < 4.78 is 38.1. The Hall–Kier alpha value is -4.92. The zero-order valence-corrected chi connectivity index (χ0v) is 27.8. The van der Waals surface area contributed by atoms with Crippen LogP contribution in [0.5, 0.6) is 5.75 Å². The number of anilines is 2. The molecule has 0 fully saturated rings. The van der Waals surface area contributed by atoms with Gasteiger partial charge in [-0.15, -0.1) is 0 Å². The van der Waals surface area contributed by atoms with Crippen LogP contribution < -0.4 is 20.3 Å². The van der Waals surface area contributed by atoms with Gasteiger partial charge in [0.15, 0.2) is 11.9 Å². The van der Waals surface area contributed by atoms with Crippen molar-refractivity contribution in [2.75, 3.05) is 23.8 Å². The molecule has 2 heterocycles. The molecule has 2 N–H and O–H groups in total. The second-order valence-corrected chi connectivity index (χ2v) is 11.8. The van der Waals surface area contributed by atoms with Gasteiger partial charge in [-0.1, -0.05) is 23.2 Å². The predicted molar refractivity (Wildman–Crippen MR) is 179 cm³/mol. The second kappa shape index (κ2) is 13.8. The molecule has 2 aromatic heterocycles. The SMILES string of the molecule is CCOC(=O)c1ccc(-n2c(C(C(=O)Nc3cc(N[SH](=O)=O)ccc3OC)n3nc(C)cc3C)nc3cc(Cl)c(Cl)cc3c2=O)cc1. The molecule has 0 radical (unpaired) electrons. The highest BCUT2D eigenvalue weighted by atomic mass is 35.5. The average Bonchev–Trinajstić information content (AvgIpc) is 3.35. The first-order chi connectivity index (χ1) is 22.4. The van der Waals surface area contributed by atoms with Crippen LogP contribution in [0.2, 0.25) is 10.0 Å². The molecule has 0 aliphatic carbocycles. The van der Waals surface area contributed by atoms with Gasteiger partial charge in [0.25, 0.3) is 11.5 Å². The number of esters is 1. The molecule has 0 aliphatic rings. The summed E-state index contributed by atoms with van der Waals surface area (Å²) >= 11 is 12.6. The van der Waals surface area contributed by atoms with E-state index in [4.69, 9.17) is 37.7 Å². The number of carbonyl (C=O) groups excluding carboxylic acids is 2. The van der Waals surface area contributed by atoms with Crippen molar-refractivity contribution in [3.63, 3.8) is 0 Å². The Morgan fingerprint density at radius 3 is 2.32 bits per heavy atom. The fourth-order valence-corrected chi connectivity index (χ4v) is 5.69. The van der Waals surface area contributed by atoms with Crippen molar-refractivity contribution in [3.05, 3.63) is 104 Å². The van der Waals surface area contributed by atoms with Crippen LogP contribution in [-0.2, 0) is 20.4 Å². The number of aromatic nitrogens is 4. The third-order valence-corrected chi connectivity index (χ3v) is 8.20. The topological polar surface area (TPSA) is 164 Å². The standard InChI is InChI=1S/C31H28Cl2N6O7S/c1-5-46-31(42)18-6-9-20(10-7-18)38-28(34-24-15-23(33)22(32)14-21(24)30(38)41)27(39-17(3)12-16(2)36-39)29(40)35-25-13-19(37-47(43)44)8-11-26(25)45-4/h6-15,27,47H,5H2,1-4H3,(H,35,40)(H,37,43,44). The number of carbonyl (C=O) groups is 2. The number of hydrogen-bond acceptors (Lipinski definition) is 9. The summed E-state index contributed by atoms with van der Waals surface area (Å²) in [5.74, 6) is -1.06. The number of aryl methyl sites for hydroxylation is 2. The Morgan fingerprint density at radius 2 is 1.70 bits per heavy atom. The Balaban J connectivity index is 1.77. The molecule has 0 saturated heterocycles. The summed E-state index contributed by atoms with van der Waals surface area (Å²) in [6.45, 7) is 5.36. The van der Waals surface area contributed by atoms with Gasteiger partial charge in [0.1, 0.15) is 5.75 Å². The van der Waals surface area contributed by atoms with Crippen LogP contribution in [0.1, 0.15) is 40.5 Å². The Morgan fingerprint density at radius 1 is 1.00 bits per heavy atom. The Kier molecular flexibility index (Phi) is 9.84. The largest absolute Gasteiger partial charge is 0.495 e. The van der Waals surface area contributed by atoms with E-state index < -0.39 is 34.4 Å². The smallest absolute Gasteiger partial charge is 0.338 e. The molecule has 0 spiro atoms. The van der Waals surface area contributed by atoms with E-state index in [-0.39, 0.29) is 61.8 Å². The summed E-state index contributed by atoms with van der Waals surface area (Å²) in [6, 6.07) is 13.6. The molecule has 0 saturated carbocycles. The van der Waals surface area contributed by atoms with Crippen molar-refractivity contribution in [2.24, 2.45) is 0 Å². The van der Waals surface area contributed by atoms with E-state index in [1.54, 1.807) is 26.8 Å². The lowest BCUT2D eigenvalue weighted by molar-refractivity contribution is -0.118. The molecule has 47 heavy (non-hydrogen) atoms. The maximum atomic E-state index is 14.4. The maximum absolute atomic E-state index is 14.4. The van der Waals surface area contributed by atoms with Crippen LogP contribution >= 0.6 is 23.2 Å². The summed E-state index contributed by atoms with van der Waals surface area (Å²) in [5, 5.41) is 7.73. The lowest BCUT2D eigenvalue weighted by Gasteiger charge is -2.23. The molecule has 3 aromatic carbocycles. The Bertz CT molecular complexity index is 2150. The van der Waals surface area contributed by atoms with Crippen LogP contribution in [0.4, 0.5) is 11.4 Å². The lowest BCUT2D eigenvalue weighted by Crippen LogP contribution is -2.35. The minimum atomic E-state index is -2.99. The first-order valence-electron chi connectivity index (χ1n) is 14.0. The van der Waals surface area contributed by atoms with E-state index >= 15 is 0 Å². The van der Waals surface area contributed by atoms with Crippen LogP contribution in [0.3, 0.4) is 0 Å². The van der Waals surface area contributed by atoms with Crippen LogP contribution in [0, 0.1) is 13.8 Å². The fourth-order valence-electron chi connectivity index (χ4n) is 5.02. The van der Waals surface area contributed by atoms with E-state index in [9.17, 15) is 22.8 Å². The molecule has 1 amide bonds. The van der Waals surface area contributed by atoms with Gasteiger partial charge in [0.2, 0.25) is 10.9 Å². The molecular formula is C31H28Cl2N6O7S. The highest BCUT2D eigenvalue weighted by molar-refractivity contribution is 7.73. The van der Waals surface area contributed by atoms with Gasteiger partial charge in [0, 0.05) is 5.69 Å². The summed E-state index contributed by atoms with van der Waals surface area (Å²) in [5.41, 5.74) is 1.59. The lowest BCUT2D eigenvalue weighted by atomic mass is 10.1. The highest BCUT2D eigenvalue weighted by Gasteiger charge is 2.32. The van der Waals surface area contributed by atoms with E-state index in [0.717, 1.165) is 0 Å². The molecular weight excluding hydrogens is 671 g/mol. The van der Waals surface area contributed by atoms with Crippen LogP contribution in [0.15, 0.2) is 65.5 Å². The molecule has 0 bridgehead atoms. The molecule has 5 rings (SSSR count). The van der Waals surface area contributed by atoms with Crippen molar-refractivity contribution in [2.45, 2.75) is 26.8 Å². The number of thiol groups is 1. The average molecular weight is 700 g/mol. The van der Waals surface area contributed by atoms with Gasteiger partial charge >= 0.3 is 5.97 Å². The minimum absolute atomic E-state index is 0.0515. The predicted octanol–water partition coefficient (Wildman–Crippen LogP) is 4.86. The van der Waals surface area contributed by atoms with E-state index in [1.165, 1.54) is 71.0 Å². The molecule has 16 heteroatoms. The van der Waals surface area contributed by atoms with Crippen molar-refractivity contribution < 1.29 is 27.5 Å². The number of rotatable bonds is 10. The molecule has 13 nitrogen and oxygen atoms in total. The van der Waals surface area contributed by atoms with Gasteiger partial charge in [-0.2, -0.15) is 5.10 Å². The number of nitrogens with one attached hydrogen (secondary N) is 2. The van der Waals surface area contributed by atoms with Crippen molar-refractivity contribution in [3.8, 4) is 11.4 Å². The number of halogens is 2. The second-order valence-electron chi connectivity index (χ2n) is 10.2. The van der Waals surface area contributed by atoms with Crippen molar-refractivity contribution in [1.29, 1.82) is 0 Å². The first-order valence-corrected chi connectivity index (χ1v) is 16.0. The number of methoxy groups -OCH3 is 1. The minimum Gasteiger partial charge on any atom is -0.495 e. The number of nitrogens with zero attached hydrogens (tertiary/aromatic N) is 4. The number of fused-ring (bicyclic) bond motifs is 1. The molecule has 244 valence electrons. The van der Waals surface area contributed by atoms with Gasteiger partial charge in [-0.3, -0.25) is 18.9 Å². The zero-order valence-electron chi connectivity index (χ0n) is 25.4. The van der Waals surface area contributed by atoms with Crippen LogP contribution in [0.25, 0.3) is 16.6 Å². The zero-order chi connectivity index (χ0) is 34.0. The first kappa shape index (κ1) is 33.4. The number of hydrogen-bond donors (Lipinski definition) is 3. The van der Waals surface area contributed by atoms with Gasteiger partial charge in [-0.25, -0.2) is 22.9 Å². The van der Waals surface area contributed by atoms with Gasteiger partial charge in [-0.05, 0) is 81.4 Å². The maximum Gasteiger partial charge on any atom is 0.338 e. The fraction of sp³-hybridized carbons (Fsp3) is 0.194. The summed E-state index contributed by atoms with van der Waals surface area (Å²) in [4.78, 5) is 45.8. The third-order valence-electron chi connectivity index (χ3n) is 7.03. The van der Waals surface area contributed by atoms with Gasteiger partial charge in [0.05, 0.1) is 63.0 Å². The Labute approximate surface area is 280 Å². The normalized spacial score (nSPS) is 11.8. The number of benzene rings is 3. The van der Waals surface area contributed by atoms with E-state index in [1.807, 2.05) is 0 Å². The van der Waals surface area contributed by atoms with Crippen LogP contribution in [-0.4, -0.2) is 53.3 Å². The third kappa shape index (κ3) is 6.94. The molecule has 0 aliphatic heterocycles. The highest BCUT2D eigenvalue weighted by Crippen LogP contribution is 2.32. The molecule has 1 unspecified atom stereocenters. The number of ether oxygens (including phenoxy) is 2. The van der Waals surface area contributed by atoms with E-state index in [0.29, 0.717) is 11.4 Å². The van der Waals surface area contributed by atoms with Crippen molar-refractivity contribution in [1.82, 2.24) is 19.3 Å². The summed E-state index contributed by atoms with van der Waals surface area (Å²) in [7, 11) is -1.60. The molecule has 5 aromatic rings. The summed E-state index contributed by atoms with van der Waals surface area (Å²) in [6.07, 6.45) is 0. The van der Waals surface area contributed by atoms with E-state index in [2.05, 4.69) is 15.1 Å². The molecule has 1 atom stereocenters. The van der Waals surface area contributed by atoms with Crippen molar-refractivity contribution >= 4 is 68.2 Å². The number of amides is 1. The van der Waals surface area contributed by atoms with Gasteiger partial charge < -0.3 is 14.8 Å².